The van der Waals surface area contributed by atoms with E-state index in [1.54, 1.807) is 12.1 Å². The van der Waals surface area contributed by atoms with Crippen LogP contribution in [0.15, 0.2) is 39.7 Å². The molecule has 88 valence electrons. The lowest BCUT2D eigenvalue weighted by Gasteiger charge is -2.17. The van der Waals surface area contributed by atoms with Crippen LogP contribution in [0.25, 0.3) is 0 Å². The highest BCUT2D eigenvalue weighted by Crippen LogP contribution is 2.34. The van der Waals surface area contributed by atoms with Gasteiger partial charge < -0.3 is 0 Å². The van der Waals surface area contributed by atoms with E-state index in [1.807, 2.05) is 19.9 Å². The van der Waals surface area contributed by atoms with Gasteiger partial charge in [-0.05, 0) is 24.6 Å². The number of allylic oxidation sites excluding steroid dienone is 1. The monoisotopic (exact) mass is 302 g/mol. The van der Waals surface area contributed by atoms with Crippen molar-refractivity contribution in [3.63, 3.8) is 0 Å². The van der Waals surface area contributed by atoms with E-state index in [-0.39, 0.29) is 5.92 Å². The zero-order valence-corrected chi connectivity index (χ0v) is 12.0. The van der Waals surface area contributed by atoms with E-state index < -0.39 is 9.84 Å². The van der Waals surface area contributed by atoms with Gasteiger partial charge in [0.15, 0.2) is 9.84 Å². The first-order chi connectivity index (χ1) is 7.25. The molecule has 1 atom stereocenters. The first-order valence-electron chi connectivity index (χ1n) is 4.89. The van der Waals surface area contributed by atoms with Crippen LogP contribution in [0, 0.1) is 0 Å². The number of hydrogen-bond donors (Lipinski definition) is 0. The Labute approximate surface area is 105 Å². The Morgan fingerprint density at radius 1 is 1.44 bits per heavy atom. The molecule has 1 aromatic rings. The molecule has 0 aliphatic carbocycles. The zero-order chi connectivity index (χ0) is 12.5. The fourth-order valence-electron chi connectivity index (χ4n) is 1.51. The number of halogens is 1. The highest BCUT2D eigenvalue weighted by Gasteiger charge is 2.20. The van der Waals surface area contributed by atoms with Crippen LogP contribution < -0.4 is 0 Å². The lowest BCUT2D eigenvalue weighted by atomic mass is 9.95. The fourth-order valence-corrected chi connectivity index (χ4v) is 3.36. The Bertz CT molecular complexity index is 518. The predicted molar refractivity (Wildman–Crippen MR) is 70.5 cm³/mol. The maximum atomic E-state index is 11.7. The minimum atomic E-state index is -3.21. The van der Waals surface area contributed by atoms with Crippen molar-refractivity contribution in [3.8, 4) is 0 Å². The molecule has 0 aromatic heterocycles. The molecule has 1 aromatic carbocycles. The van der Waals surface area contributed by atoms with E-state index >= 15 is 0 Å². The van der Waals surface area contributed by atoms with Crippen LogP contribution in [0.1, 0.15) is 25.3 Å². The van der Waals surface area contributed by atoms with Gasteiger partial charge in [-0.2, -0.15) is 0 Å². The predicted octanol–water partition coefficient (Wildman–Crippen LogP) is 3.53. The maximum absolute atomic E-state index is 11.7. The summed E-state index contributed by atoms with van der Waals surface area (Å²) in [6, 6.07) is 5.22. The summed E-state index contributed by atoms with van der Waals surface area (Å²) in [6.07, 6.45) is 1.23. The number of hydrogen-bond acceptors (Lipinski definition) is 2. The largest absolute Gasteiger partial charge is 0.224 e. The van der Waals surface area contributed by atoms with E-state index in [9.17, 15) is 8.42 Å². The lowest BCUT2D eigenvalue weighted by Crippen LogP contribution is -2.06. The molecule has 0 bridgehead atoms. The molecule has 0 saturated heterocycles. The Balaban J connectivity index is 3.53. The average molecular weight is 303 g/mol. The van der Waals surface area contributed by atoms with Crippen molar-refractivity contribution in [3.05, 3.63) is 40.4 Å². The van der Waals surface area contributed by atoms with E-state index in [2.05, 4.69) is 22.5 Å². The van der Waals surface area contributed by atoms with Gasteiger partial charge in [-0.15, -0.1) is 0 Å². The van der Waals surface area contributed by atoms with Gasteiger partial charge in [0.25, 0.3) is 0 Å². The molecule has 0 saturated carbocycles. The number of benzene rings is 1. The van der Waals surface area contributed by atoms with E-state index in [0.29, 0.717) is 4.90 Å². The molecule has 2 nitrogen and oxygen atoms in total. The van der Waals surface area contributed by atoms with Crippen LogP contribution in [0.5, 0.6) is 0 Å². The molecule has 0 heterocycles. The molecule has 0 fully saturated rings. The summed E-state index contributed by atoms with van der Waals surface area (Å²) in [5.41, 5.74) is 1.73. The summed E-state index contributed by atoms with van der Waals surface area (Å²) < 4.78 is 24.2. The normalized spacial score (nSPS) is 13.5. The Hall–Kier alpha value is -0.610. The van der Waals surface area contributed by atoms with Crippen LogP contribution in [-0.2, 0) is 9.84 Å². The Morgan fingerprint density at radius 2 is 2.00 bits per heavy atom. The van der Waals surface area contributed by atoms with Crippen LogP contribution in [0.4, 0.5) is 0 Å². The van der Waals surface area contributed by atoms with Gasteiger partial charge in [0, 0.05) is 16.6 Å². The summed E-state index contributed by atoms with van der Waals surface area (Å²) in [5.74, 6) is 0.0142. The lowest BCUT2D eigenvalue weighted by molar-refractivity contribution is 0.600. The summed E-state index contributed by atoms with van der Waals surface area (Å²) in [4.78, 5) is 0.373. The highest BCUT2D eigenvalue weighted by atomic mass is 79.9. The molecule has 0 amide bonds. The molecule has 16 heavy (non-hydrogen) atoms. The van der Waals surface area contributed by atoms with Crippen molar-refractivity contribution in [2.75, 3.05) is 6.26 Å². The van der Waals surface area contributed by atoms with Gasteiger partial charge in [0.1, 0.15) is 0 Å². The minimum Gasteiger partial charge on any atom is -0.224 e. The van der Waals surface area contributed by atoms with Crippen molar-refractivity contribution in [1.82, 2.24) is 0 Å². The minimum absolute atomic E-state index is 0.0142. The van der Waals surface area contributed by atoms with Gasteiger partial charge in [0.2, 0.25) is 0 Å². The zero-order valence-electron chi connectivity index (χ0n) is 9.62. The summed E-state index contributed by atoms with van der Waals surface area (Å²) in [7, 11) is -3.21. The van der Waals surface area contributed by atoms with Gasteiger partial charge >= 0.3 is 0 Å². The van der Waals surface area contributed by atoms with Gasteiger partial charge in [-0.3, -0.25) is 0 Å². The molecular formula is C12H15BrO2S. The molecule has 1 unspecified atom stereocenters. The molecule has 0 aliphatic rings. The fraction of sp³-hybridized carbons (Fsp3) is 0.333. The first kappa shape index (κ1) is 13.5. The van der Waals surface area contributed by atoms with Crippen molar-refractivity contribution in [2.24, 2.45) is 0 Å². The van der Waals surface area contributed by atoms with Gasteiger partial charge in [-0.1, -0.05) is 41.1 Å². The second-order valence-electron chi connectivity index (χ2n) is 3.99. The molecule has 0 N–H and O–H groups in total. The molecular weight excluding hydrogens is 288 g/mol. The second kappa shape index (κ2) is 4.72. The summed E-state index contributed by atoms with van der Waals surface area (Å²) in [6.45, 7) is 7.73. The second-order valence-corrected chi connectivity index (χ2v) is 6.83. The average Bonchev–Trinajstić information content (AvgIpc) is 2.14. The van der Waals surface area contributed by atoms with E-state index in [4.69, 9.17) is 0 Å². The number of sulfone groups is 1. The van der Waals surface area contributed by atoms with Gasteiger partial charge in [-0.25, -0.2) is 8.42 Å². The van der Waals surface area contributed by atoms with Crippen molar-refractivity contribution >= 4 is 25.8 Å². The highest BCUT2D eigenvalue weighted by molar-refractivity contribution is 9.10. The van der Waals surface area contributed by atoms with Crippen LogP contribution in [0.2, 0.25) is 0 Å². The Morgan fingerprint density at radius 3 is 2.44 bits per heavy atom. The van der Waals surface area contributed by atoms with E-state index in [1.165, 1.54) is 6.26 Å². The first-order valence-corrected chi connectivity index (χ1v) is 7.57. The van der Waals surface area contributed by atoms with Crippen LogP contribution in [0.3, 0.4) is 0 Å². The SMILES string of the molecule is C=C(C)C(C)c1c(Br)cccc1S(C)(=O)=O. The Kier molecular flexibility index (Phi) is 3.97. The summed E-state index contributed by atoms with van der Waals surface area (Å²) in [5, 5.41) is 0. The molecule has 4 heteroatoms. The number of rotatable bonds is 3. The van der Waals surface area contributed by atoms with Crippen LogP contribution >= 0.6 is 15.9 Å². The molecule has 0 radical (unpaired) electrons. The van der Waals surface area contributed by atoms with Crippen molar-refractivity contribution in [2.45, 2.75) is 24.7 Å². The molecule has 0 spiro atoms. The van der Waals surface area contributed by atoms with Crippen molar-refractivity contribution in [1.29, 1.82) is 0 Å². The van der Waals surface area contributed by atoms with Gasteiger partial charge in [0.05, 0.1) is 4.90 Å². The topological polar surface area (TPSA) is 34.1 Å². The molecule has 1 rings (SSSR count). The third-order valence-corrected chi connectivity index (χ3v) is 4.43. The van der Waals surface area contributed by atoms with Crippen LogP contribution in [-0.4, -0.2) is 14.7 Å². The maximum Gasteiger partial charge on any atom is 0.175 e. The third-order valence-electron chi connectivity index (χ3n) is 2.58. The standard InChI is InChI=1S/C12H15BrO2S/c1-8(2)9(3)12-10(13)6-5-7-11(12)16(4,14)15/h5-7,9H,1H2,2-4H3. The summed E-state index contributed by atoms with van der Waals surface area (Å²) >= 11 is 3.40. The quantitative estimate of drug-likeness (QED) is 0.801. The third kappa shape index (κ3) is 2.74. The van der Waals surface area contributed by atoms with Crippen molar-refractivity contribution < 1.29 is 8.42 Å². The van der Waals surface area contributed by atoms with E-state index in [0.717, 1.165) is 15.6 Å². The molecule has 0 aliphatic heterocycles. The smallest absolute Gasteiger partial charge is 0.175 e.